The van der Waals surface area contributed by atoms with Gasteiger partial charge in [-0.3, -0.25) is 4.79 Å². The monoisotopic (exact) mass is 406 g/mol. The van der Waals surface area contributed by atoms with Gasteiger partial charge >= 0.3 is 5.97 Å². The van der Waals surface area contributed by atoms with Gasteiger partial charge in [-0.15, -0.1) is 11.3 Å². The molecule has 9 heteroatoms. The molecule has 0 bridgehead atoms. The quantitative estimate of drug-likeness (QED) is 0.680. The summed E-state index contributed by atoms with van der Waals surface area (Å²) in [6, 6.07) is 12.0. The van der Waals surface area contributed by atoms with Gasteiger partial charge in [0, 0.05) is 18.0 Å². The van der Waals surface area contributed by atoms with Crippen LogP contribution in [-0.4, -0.2) is 45.0 Å². The number of nitriles is 1. The van der Waals surface area contributed by atoms with E-state index in [4.69, 9.17) is 14.7 Å². The first-order chi connectivity index (χ1) is 13.0. The average Bonchev–Trinajstić information content (AvgIpc) is 3.17. The van der Waals surface area contributed by atoms with E-state index in [0.717, 1.165) is 16.9 Å². The Bertz CT molecular complexity index is 939. The minimum absolute atomic E-state index is 0.0135. The minimum atomic E-state index is -3.55. The molecule has 0 radical (unpaired) electrons. The number of thiophene rings is 1. The van der Waals surface area contributed by atoms with E-state index in [1.807, 2.05) is 6.07 Å². The first kappa shape index (κ1) is 19.5. The Morgan fingerprint density at radius 2 is 1.89 bits per heavy atom. The molecule has 1 aliphatic heterocycles. The van der Waals surface area contributed by atoms with Crippen LogP contribution in [0.4, 0.5) is 0 Å². The highest BCUT2D eigenvalue weighted by molar-refractivity contribution is 7.91. The van der Waals surface area contributed by atoms with Crippen LogP contribution in [0, 0.1) is 11.3 Å². The maximum atomic E-state index is 12.6. The van der Waals surface area contributed by atoms with Crippen molar-refractivity contribution in [2.75, 3.05) is 26.3 Å². The van der Waals surface area contributed by atoms with E-state index in [1.54, 1.807) is 30.3 Å². The van der Waals surface area contributed by atoms with Crippen LogP contribution in [-0.2, 0) is 37.3 Å². The smallest absolute Gasteiger partial charge is 0.311 e. The number of sulfonamides is 1. The second kappa shape index (κ2) is 8.63. The molecule has 0 N–H and O–H groups in total. The summed E-state index contributed by atoms with van der Waals surface area (Å²) in [4.78, 5) is 12.7. The SMILES string of the molecule is N#Cc1ccc(COC(=O)Cc2ccc(S(=O)(=O)N3CCOCC3)s2)cc1. The first-order valence-electron chi connectivity index (χ1n) is 8.30. The number of carbonyl (C=O) groups is 1. The lowest BCUT2D eigenvalue weighted by atomic mass is 10.2. The number of hydrogen-bond acceptors (Lipinski definition) is 7. The summed E-state index contributed by atoms with van der Waals surface area (Å²) in [5.41, 5.74) is 1.32. The molecule has 2 heterocycles. The number of esters is 1. The summed E-state index contributed by atoms with van der Waals surface area (Å²) < 4.78 is 37.2. The van der Waals surface area contributed by atoms with E-state index in [-0.39, 0.29) is 17.2 Å². The van der Waals surface area contributed by atoms with Gasteiger partial charge in [0.15, 0.2) is 0 Å². The van der Waals surface area contributed by atoms with Crippen molar-refractivity contribution in [1.29, 1.82) is 5.26 Å². The maximum Gasteiger partial charge on any atom is 0.311 e. The van der Waals surface area contributed by atoms with Crippen molar-refractivity contribution in [1.82, 2.24) is 4.31 Å². The van der Waals surface area contributed by atoms with Crippen molar-refractivity contribution in [3.05, 3.63) is 52.4 Å². The Balaban J connectivity index is 1.56. The third-order valence-electron chi connectivity index (χ3n) is 4.00. The zero-order chi connectivity index (χ0) is 19.3. The van der Waals surface area contributed by atoms with Crippen LogP contribution >= 0.6 is 11.3 Å². The summed E-state index contributed by atoms with van der Waals surface area (Å²) in [5.74, 6) is -0.434. The molecule has 0 saturated carbocycles. The topological polar surface area (TPSA) is 96.7 Å². The van der Waals surface area contributed by atoms with Crippen LogP contribution in [0.25, 0.3) is 0 Å². The Hall–Kier alpha value is -2.25. The van der Waals surface area contributed by atoms with Gasteiger partial charge in [-0.2, -0.15) is 9.57 Å². The number of rotatable bonds is 6. The average molecular weight is 406 g/mol. The maximum absolute atomic E-state index is 12.6. The molecular formula is C18H18N2O5S2. The molecule has 142 valence electrons. The fourth-order valence-corrected chi connectivity index (χ4v) is 5.44. The molecule has 0 atom stereocenters. The molecule has 7 nitrogen and oxygen atoms in total. The van der Waals surface area contributed by atoms with Gasteiger partial charge in [-0.05, 0) is 29.8 Å². The van der Waals surface area contributed by atoms with Crippen molar-refractivity contribution in [2.45, 2.75) is 17.2 Å². The van der Waals surface area contributed by atoms with E-state index >= 15 is 0 Å². The van der Waals surface area contributed by atoms with E-state index in [9.17, 15) is 13.2 Å². The molecule has 1 fully saturated rings. The van der Waals surface area contributed by atoms with Gasteiger partial charge in [0.05, 0.1) is 31.3 Å². The number of nitrogens with zero attached hydrogens (tertiary/aromatic N) is 2. The Morgan fingerprint density at radius 3 is 2.56 bits per heavy atom. The largest absolute Gasteiger partial charge is 0.461 e. The van der Waals surface area contributed by atoms with E-state index in [2.05, 4.69) is 0 Å². The summed E-state index contributed by atoms with van der Waals surface area (Å²) in [6.07, 6.45) is 0.0135. The second-order valence-electron chi connectivity index (χ2n) is 5.88. The Morgan fingerprint density at radius 1 is 1.19 bits per heavy atom. The second-order valence-corrected chi connectivity index (χ2v) is 9.22. The fraction of sp³-hybridized carbons (Fsp3) is 0.333. The summed E-state index contributed by atoms with van der Waals surface area (Å²) in [7, 11) is -3.55. The highest BCUT2D eigenvalue weighted by Gasteiger charge is 2.28. The molecule has 2 aromatic rings. The molecule has 3 rings (SSSR count). The van der Waals surface area contributed by atoms with Crippen molar-refractivity contribution >= 4 is 27.3 Å². The molecule has 1 aromatic heterocycles. The van der Waals surface area contributed by atoms with E-state index in [0.29, 0.717) is 36.7 Å². The molecule has 0 amide bonds. The van der Waals surface area contributed by atoms with Crippen molar-refractivity contribution in [2.24, 2.45) is 0 Å². The summed E-state index contributed by atoms with van der Waals surface area (Å²) in [6.45, 7) is 1.55. The van der Waals surface area contributed by atoms with Crippen LogP contribution in [0.1, 0.15) is 16.0 Å². The van der Waals surface area contributed by atoms with Crippen LogP contribution in [0.3, 0.4) is 0 Å². The molecule has 0 aliphatic carbocycles. The number of ether oxygens (including phenoxy) is 2. The van der Waals surface area contributed by atoms with Crippen LogP contribution in [0.5, 0.6) is 0 Å². The highest BCUT2D eigenvalue weighted by Crippen LogP contribution is 2.26. The van der Waals surface area contributed by atoms with Crippen LogP contribution in [0.15, 0.2) is 40.6 Å². The number of carbonyl (C=O) groups excluding carboxylic acids is 1. The molecule has 1 aliphatic rings. The molecular weight excluding hydrogens is 388 g/mol. The molecule has 1 aromatic carbocycles. The van der Waals surface area contributed by atoms with Crippen molar-refractivity contribution in [3.8, 4) is 6.07 Å². The van der Waals surface area contributed by atoms with Gasteiger partial charge in [-0.1, -0.05) is 12.1 Å². The van der Waals surface area contributed by atoms with Crippen molar-refractivity contribution in [3.63, 3.8) is 0 Å². The Kier molecular flexibility index (Phi) is 6.23. The Labute approximate surface area is 161 Å². The normalized spacial score (nSPS) is 15.2. The van der Waals surface area contributed by atoms with E-state index in [1.165, 1.54) is 10.4 Å². The van der Waals surface area contributed by atoms with Gasteiger partial charge in [0.1, 0.15) is 10.8 Å². The fourth-order valence-electron chi connectivity index (χ4n) is 2.54. The predicted molar refractivity (Wildman–Crippen MR) is 98.6 cm³/mol. The summed E-state index contributed by atoms with van der Waals surface area (Å²) in [5, 5.41) is 8.77. The lowest BCUT2D eigenvalue weighted by Crippen LogP contribution is -2.40. The molecule has 0 spiro atoms. The van der Waals surface area contributed by atoms with Gasteiger partial charge < -0.3 is 9.47 Å². The summed E-state index contributed by atoms with van der Waals surface area (Å²) >= 11 is 1.08. The first-order valence-corrected chi connectivity index (χ1v) is 10.6. The highest BCUT2D eigenvalue weighted by atomic mass is 32.2. The van der Waals surface area contributed by atoms with E-state index < -0.39 is 16.0 Å². The van der Waals surface area contributed by atoms with Crippen LogP contribution in [0.2, 0.25) is 0 Å². The van der Waals surface area contributed by atoms with Crippen LogP contribution < -0.4 is 0 Å². The van der Waals surface area contributed by atoms with Gasteiger partial charge in [0.25, 0.3) is 10.0 Å². The third kappa shape index (κ3) is 4.93. The zero-order valence-electron chi connectivity index (χ0n) is 14.5. The standard InChI is InChI=1S/C18H18N2O5S2/c19-12-14-1-3-15(4-2-14)13-25-17(21)11-16-5-6-18(26-16)27(22,23)20-7-9-24-10-8-20/h1-6H,7-11,13H2. The third-order valence-corrected chi connectivity index (χ3v) is 7.45. The van der Waals surface area contributed by atoms with Gasteiger partial charge in [-0.25, -0.2) is 8.42 Å². The number of benzene rings is 1. The van der Waals surface area contributed by atoms with Crippen molar-refractivity contribution < 1.29 is 22.7 Å². The lowest BCUT2D eigenvalue weighted by molar-refractivity contribution is -0.144. The lowest BCUT2D eigenvalue weighted by Gasteiger charge is -2.25. The zero-order valence-corrected chi connectivity index (χ0v) is 16.1. The molecule has 27 heavy (non-hydrogen) atoms. The number of hydrogen-bond donors (Lipinski definition) is 0. The molecule has 0 unspecified atom stereocenters. The molecule has 1 saturated heterocycles. The number of morpholine rings is 1. The van der Waals surface area contributed by atoms with Gasteiger partial charge in [0.2, 0.25) is 0 Å². The predicted octanol–water partition coefficient (Wildman–Crippen LogP) is 1.93. The minimum Gasteiger partial charge on any atom is -0.461 e.